The summed E-state index contributed by atoms with van der Waals surface area (Å²) in [4.78, 5) is 0. The molecule has 0 radical (unpaired) electrons. The zero-order valence-electron chi connectivity index (χ0n) is 13.4. The van der Waals surface area contributed by atoms with E-state index in [1.54, 1.807) is 6.26 Å². The Morgan fingerprint density at radius 3 is 1.75 bits per heavy atom. The summed E-state index contributed by atoms with van der Waals surface area (Å²) in [5, 5.41) is 8.62. The number of nitriles is 1. The van der Waals surface area contributed by atoms with Crippen LogP contribution in [0.15, 0.2) is 72.8 Å². The molecular formula is C21H18N2O. The van der Waals surface area contributed by atoms with Crippen LogP contribution in [0.4, 0.5) is 5.69 Å². The molecule has 0 bridgehead atoms. The summed E-state index contributed by atoms with van der Waals surface area (Å²) in [5.41, 5.74) is 11.3. The molecule has 0 aliphatic carbocycles. The predicted molar refractivity (Wildman–Crippen MR) is 95.7 cm³/mol. The number of anilines is 1. The highest BCUT2D eigenvalue weighted by atomic mass is 16.5. The summed E-state index contributed by atoms with van der Waals surface area (Å²) in [6.45, 7) is 2.08. The maximum absolute atomic E-state index is 8.62. The molecule has 0 aromatic heterocycles. The predicted octanol–water partition coefficient (Wildman–Crippen LogP) is 4.62. The van der Waals surface area contributed by atoms with E-state index < -0.39 is 0 Å². The average molecular weight is 314 g/mol. The molecule has 1 unspecified atom stereocenters. The monoisotopic (exact) mass is 314 g/mol. The van der Waals surface area contributed by atoms with Crippen molar-refractivity contribution in [2.75, 3.05) is 5.73 Å². The van der Waals surface area contributed by atoms with Gasteiger partial charge < -0.3 is 10.5 Å². The highest BCUT2D eigenvalue weighted by Gasteiger charge is 2.16. The quantitative estimate of drug-likeness (QED) is 0.434. The molecular weight excluding hydrogens is 296 g/mol. The van der Waals surface area contributed by atoms with Crippen LogP contribution in [0.5, 0.6) is 5.75 Å². The third-order valence-corrected chi connectivity index (χ3v) is 4.06. The summed E-state index contributed by atoms with van der Waals surface area (Å²) in [6.07, 6.45) is 1.69. The normalized spacial score (nSPS) is 11.5. The molecule has 0 aliphatic rings. The fourth-order valence-corrected chi connectivity index (χ4v) is 2.81. The lowest BCUT2D eigenvalue weighted by molar-refractivity contribution is 0.507. The lowest BCUT2D eigenvalue weighted by Crippen LogP contribution is -2.04. The summed E-state index contributed by atoms with van der Waals surface area (Å²) < 4.78 is 4.87. The van der Waals surface area contributed by atoms with E-state index >= 15 is 0 Å². The van der Waals surface area contributed by atoms with Crippen LogP contribution in [-0.2, 0) is 0 Å². The van der Waals surface area contributed by atoms with E-state index in [9.17, 15) is 0 Å². The van der Waals surface area contributed by atoms with Gasteiger partial charge in [-0.05, 0) is 47.9 Å². The molecule has 24 heavy (non-hydrogen) atoms. The zero-order chi connectivity index (χ0) is 16.9. The highest BCUT2D eigenvalue weighted by Crippen LogP contribution is 2.33. The van der Waals surface area contributed by atoms with Crippen molar-refractivity contribution in [2.45, 2.75) is 12.8 Å². The maximum Gasteiger partial charge on any atom is 0.292 e. The first-order valence-corrected chi connectivity index (χ1v) is 7.75. The average Bonchev–Trinajstić information content (AvgIpc) is 2.60. The highest BCUT2D eigenvalue weighted by molar-refractivity contribution is 5.48. The molecule has 3 aromatic carbocycles. The smallest absolute Gasteiger partial charge is 0.292 e. The van der Waals surface area contributed by atoms with Crippen molar-refractivity contribution < 1.29 is 4.74 Å². The molecule has 0 saturated heterocycles. The van der Waals surface area contributed by atoms with E-state index in [0.717, 1.165) is 11.3 Å². The van der Waals surface area contributed by atoms with Crippen molar-refractivity contribution in [3.8, 4) is 12.0 Å². The van der Waals surface area contributed by atoms with Gasteiger partial charge in [-0.15, -0.1) is 5.26 Å². The van der Waals surface area contributed by atoms with Crippen LogP contribution >= 0.6 is 0 Å². The Morgan fingerprint density at radius 1 is 0.792 bits per heavy atom. The van der Waals surface area contributed by atoms with Crippen molar-refractivity contribution in [2.24, 2.45) is 0 Å². The molecule has 2 N–H and O–H groups in total. The van der Waals surface area contributed by atoms with Crippen LogP contribution in [-0.4, -0.2) is 0 Å². The van der Waals surface area contributed by atoms with Crippen LogP contribution in [0.1, 0.15) is 28.2 Å². The van der Waals surface area contributed by atoms with Crippen molar-refractivity contribution in [3.05, 3.63) is 95.1 Å². The molecule has 3 aromatic rings. The van der Waals surface area contributed by atoms with Gasteiger partial charge in [0.1, 0.15) is 5.75 Å². The molecule has 0 aliphatic heterocycles. The van der Waals surface area contributed by atoms with Gasteiger partial charge in [0.15, 0.2) is 0 Å². The van der Waals surface area contributed by atoms with Crippen molar-refractivity contribution in [1.29, 1.82) is 5.26 Å². The number of hydrogen-bond donors (Lipinski definition) is 1. The Morgan fingerprint density at radius 2 is 1.25 bits per heavy atom. The van der Waals surface area contributed by atoms with E-state index in [1.807, 2.05) is 36.4 Å². The molecule has 0 amide bonds. The van der Waals surface area contributed by atoms with Crippen LogP contribution in [0, 0.1) is 18.4 Å². The maximum atomic E-state index is 8.62. The van der Waals surface area contributed by atoms with E-state index in [4.69, 9.17) is 15.7 Å². The van der Waals surface area contributed by atoms with Gasteiger partial charge in [0.25, 0.3) is 6.26 Å². The number of nitrogens with two attached hydrogens (primary N) is 1. The van der Waals surface area contributed by atoms with Crippen LogP contribution in [0.2, 0.25) is 0 Å². The minimum atomic E-state index is 0.0994. The number of nitrogens with zero attached hydrogens (tertiary/aromatic N) is 1. The Balaban J connectivity index is 2.05. The summed E-state index contributed by atoms with van der Waals surface area (Å²) in [6, 6.07) is 24.1. The molecule has 3 nitrogen and oxygen atoms in total. The molecule has 3 heteroatoms. The Labute approximate surface area is 141 Å². The number of ether oxygens (including phenoxy) is 1. The second kappa shape index (κ2) is 6.89. The fourth-order valence-electron chi connectivity index (χ4n) is 2.81. The first-order valence-electron chi connectivity index (χ1n) is 7.75. The number of nitrogen functional groups attached to an aromatic ring is 1. The SMILES string of the molecule is Cc1ccc(C(c2ccc(N)cc2)c2ccc(OC#N)cc2)cc1. The zero-order valence-corrected chi connectivity index (χ0v) is 13.4. The minimum Gasteiger partial charge on any atom is -0.399 e. The van der Waals surface area contributed by atoms with E-state index in [0.29, 0.717) is 5.75 Å². The second-order valence-corrected chi connectivity index (χ2v) is 5.77. The Hall–Kier alpha value is -3.25. The van der Waals surface area contributed by atoms with Gasteiger partial charge in [0.2, 0.25) is 0 Å². The van der Waals surface area contributed by atoms with Crippen LogP contribution < -0.4 is 10.5 Å². The van der Waals surface area contributed by atoms with Gasteiger partial charge in [-0.1, -0.05) is 54.1 Å². The Kier molecular flexibility index (Phi) is 4.49. The van der Waals surface area contributed by atoms with Gasteiger partial charge in [-0.3, -0.25) is 0 Å². The van der Waals surface area contributed by atoms with Crippen molar-refractivity contribution >= 4 is 5.69 Å². The standard InChI is InChI=1S/C21H18N2O/c1-15-2-4-16(5-3-15)21(17-6-10-19(23)11-7-17)18-8-12-20(13-9-18)24-14-22/h2-13,21H,23H2,1H3. The Bertz CT molecular complexity index is 799. The molecule has 0 fully saturated rings. The lowest BCUT2D eigenvalue weighted by Gasteiger charge is -2.19. The van der Waals surface area contributed by atoms with Crippen LogP contribution in [0.25, 0.3) is 0 Å². The molecule has 0 saturated carbocycles. The molecule has 1 atom stereocenters. The topological polar surface area (TPSA) is 59.0 Å². The first kappa shape index (κ1) is 15.6. The van der Waals surface area contributed by atoms with Gasteiger partial charge in [-0.25, -0.2) is 0 Å². The van der Waals surface area contributed by atoms with Gasteiger partial charge in [0, 0.05) is 11.6 Å². The summed E-state index contributed by atoms with van der Waals surface area (Å²) in [7, 11) is 0. The molecule has 0 heterocycles. The van der Waals surface area contributed by atoms with Gasteiger partial charge in [-0.2, -0.15) is 0 Å². The lowest BCUT2D eigenvalue weighted by atomic mass is 9.85. The first-order chi connectivity index (χ1) is 11.7. The molecule has 3 rings (SSSR count). The third kappa shape index (κ3) is 3.39. The molecule has 118 valence electrons. The van der Waals surface area contributed by atoms with Crippen molar-refractivity contribution in [1.82, 2.24) is 0 Å². The largest absolute Gasteiger partial charge is 0.399 e. The van der Waals surface area contributed by atoms with Gasteiger partial charge in [0.05, 0.1) is 0 Å². The fraction of sp³-hybridized carbons (Fsp3) is 0.0952. The number of benzene rings is 3. The minimum absolute atomic E-state index is 0.0994. The summed E-state index contributed by atoms with van der Waals surface area (Å²) >= 11 is 0. The van der Waals surface area contributed by atoms with E-state index in [1.165, 1.54) is 16.7 Å². The number of rotatable bonds is 4. The number of aryl methyl sites for hydroxylation is 1. The molecule has 0 spiro atoms. The van der Waals surface area contributed by atoms with Crippen LogP contribution in [0.3, 0.4) is 0 Å². The summed E-state index contributed by atoms with van der Waals surface area (Å²) in [5.74, 6) is 0.642. The van der Waals surface area contributed by atoms with Crippen molar-refractivity contribution in [3.63, 3.8) is 0 Å². The van der Waals surface area contributed by atoms with E-state index in [2.05, 4.69) is 43.3 Å². The number of hydrogen-bond acceptors (Lipinski definition) is 3. The van der Waals surface area contributed by atoms with E-state index in [-0.39, 0.29) is 5.92 Å². The third-order valence-electron chi connectivity index (χ3n) is 4.06. The van der Waals surface area contributed by atoms with Gasteiger partial charge >= 0.3 is 0 Å². The second-order valence-electron chi connectivity index (χ2n) is 5.77.